The van der Waals surface area contributed by atoms with E-state index in [2.05, 4.69) is 0 Å². The first-order valence-electron chi connectivity index (χ1n) is 3.85. The molecule has 1 atom stereocenters. The molecule has 0 aliphatic rings. The van der Waals surface area contributed by atoms with Crippen LogP contribution in [0.5, 0.6) is 0 Å². The van der Waals surface area contributed by atoms with Crippen LogP contribution in [0.4, 0.5) is 13.2 Å². The van der Waals surface area contributed by atoms with Crippen LogP contribution >= 0.6 is 11.8 Å². The first-order chi connectivity index (χ1) is 5.45. The molecule has 5 heteroatoms. The molecule has 0 saturated heterocycles. The molecular weight excluding hydrogens is 187 g/mol. The van der Waals surface area contributed by atoms with Crippen LogP contribution < -0.4 is 5.73 Å². The third-order valence-corrected chi connectivity index (χ3v) is 2.41. The Morgan fingerprint density at radius 3 is 2.42 bits per heavy atom. The summed E-state index contributed by atoms with van der Waals surface area (Å²) in [6, 6.07) is -0.323. The van der Waals surface area contributed by atoms with Gasteiger partial charge in [0, 0.05) is 18.2 Å². The van der Waals surface area contributed by atoms with Crippen LogP contribution in [0.25, 0.3) is 0 Å². The van der Waals surface area contributed by atoms with Crippen molar-refractivity contribution in [2.24, 2.45) is 5.73 Å². The SMILES string of the molecule is CCSCC(N)CCC(F)(F)F. The minimum absolute atomic E-state index is 0.0382. The summed E-state index contributed by atoms with van der Waals surface area (Å²) < 4.78 is 35.0. The van der Waals surface area contributed by atoms with Crippen LogP contribution in [0.3, 0.4) is 0 Å². The van der Waals surface area contributed by atoms with Crippen LogP contribution in [-0.4, -0.2) is 23.7 Å². The fraction of sp³-hybridized carbons (Fsp3) is 1.00. The van der Waals surface area contributed by atoms with E-state index in [4.69, 9.17) is 5.73 Å². The van der Waals surface area contributed by atoms with Crippen molar-refractivity contribution in [3.63, 3.8) is 0 Å². The molecule has 0 aliphatic heterocycles. The van der Waals surface area contributed by atoms with Crippen molar-refractivity contribution >= 4 is 11.8 Å². The Hall–Kier alpha value is 0.100. The number of rotatable bonds is 5. The second-order valence-corrected chi connectivity index (χ2v) is 3.89. The molecule has 0 rings (SSSR count). The average molecular weight is 201 g/mol. The van der Waals surface area contributed by atoms with Gasteiger partial charge >= 0.3 is 6.18 Å². The molecule has 0 bridgehead atoms. The lowest BCUT2D eigenvalue weighted by Gasteiger charge is -2.11. The highest BCUT2D eigenvalue weighted by Gasteiger charge is 2.27. The van der Waals surface area contributed by atoms with Crippen LogP contribution in [0.15, 0.2) is 0 Å². The predicted molar refractivity (Wildman–Crippen MR) is 46.3 cm³/mol. The topological polar surface area (TPSA) is 26.0 Å². The van der Waals surface area contributed by atoms with Gasteiger partial charge in [0.05, 0.1) is 0 Å². The Morgan fingerprint density at radius 1 is 1.42 bits per heavy atom. The number of nitrogens with two attached hydrogens (primary N) is 1. The van der Waals surface area contributed by atoms with E-state index in [1.54, 1.807) is 11.8 Å². The Bertz CT molecular complexity index is 116. The molecular formula is C7H14F3NS. The van der Waals surface area contributed by atoms with E-state index in [9.17, 15) is 13.2 Å². The zero-order valence-electron chi connectivity index (χ0n) is 7.03. The smallest absolute Gasteiger partial charge is 0.327 e. The Balaban J connectivity index is 3.37. The first kappa shape index (κ1) is 12.1. The van der Waals surface area contributed by atoms with E-state index >= 15 is 0 Å². The second-order valence-electron chi connectivity index (χ2n) is 2.57. The van der Waals surface area contributed by atoms with Gasteiger partial charge in [-0.25, -0.2) is 0 Å². The number of halogens is 3. The van der Waals surface area contributed by atoms with E-state index in [1.807, 2.05) is 6.92 Å². The summed E-state index contributed by atoms with van der Waals surface area (Å²) in [5.74, 6) is 1.52. The predicted octanol–water partition coefficient (Wildman–Crippen LogP) is 2.41. The van der Waals surface area contributed by atoms with Crippen molar-refractivity contribution < 1.29 is 13.2 Å². The highest BCUT2D eigenvalue weighted by molar-refractivity contribution is 7.99. The van der Waals surface area contributed by atoms with Gasteiger partial charge in [-0.3, -0.25) is 0 Å². The summed E-state index contributed by atoms with van der Waals surface area (Å²) in [5.41, 5.74) is 5.45. The van der Waals surface area contributed by atoms with Crippen LogP contribution in [0.2, 0.25) is 0 Å². The summed E-state index contributed by atoms with van der Waals surface area (Å²) in [6.45, 7) is 1.96. The van der Waals surface area contributed by atoms with E-state index in [0.29, 0.717) is 5.75 Å². The van der Waals surface area contributed by atoms with E-state index in [-0.39, 0.29) is 12.5 Å². The summed E-state index contributed by atoms with van der Waals surface area (Å²) in [6.07, 6.45) is -4.79. The number of alkyl halides is 3. The Morgan fingerprint density at radius 2 is 2.00 bits per heavy atom. The van der Waals surface area contributed by atoms with Gasteiger partial charge in [0.15, 0.2) is 0 Å². The molecule has 0 aromatic rings. The minimum atomic E-state index is -4.06. The lowest BCUT2D eigenvalue weighted by Crippen LogP contribution is -2.25. The third kappa shape index (κ3) is 8.20. The molecule has 12 heavy (non-hydrogen) atoms. The molecule has 0 aromatic carbocycles. The van der Waals surface area contributed by atoms with Gasteiger partial charge in [0.25, 0.3) is 0 Å². The van der Waals surface area contributed by atoms with Crippen LogP contribution in [-0.2, 0) is 0 Å². The lowest BCUT2D eigenvalue weighted by molar-refractivity contribution is -0.136. The number of thioether (sulfide) groups is 1. The molecule has 0 heterocycles. The zero-order valence-corrected chi connectivity index (χ0v) is 7.84. The van der Waals surface area contributed by atoms with E-state index in [0.717, 1.165) is 5.75 Å². The van der Waals surface area contributed by atoms with Crippen molar-refractivity contribution in [2.45, 2.75) is 32.0 Å². The molecule has 0 spiro atoms. The molecule has 74 valence electrons. The van der Waals surface area contributed by atoms with Gasteiger partial charge in [-0.1, -0.05) is 6.92 Å². The normalized spacial score (nSPS) is 14.8. The molecule has 2 N–H and O–H groups in total. The fourth-order valence-corrected chi connectivity index (χ4v) is 1.41. The van der Waals surface area contributed by atoms with Gasteiger partial charge in [-0.05, 0) is 12.2 Å². The van der Waals surface area contributed by atoms with Crippen molar-refractivity contribution in [2.75, 3.05) is 11.5 Å². The quantitative estimate of drug-likeness (QED) is 0.739. The van der Waals surface area contributed by atoms with Crippen molar-refractivity contribution in [1.82, 2.24) is 0 Å². The summed E-state index contributed by atoms with van der Waals surface area (Å²) in [4.78, 5) is 0. The van der Waals surface area contributed by atoms with Gasteiger partial charge in [0.2, 0.25) is 0 Å². The minimum Gasteiger partial charge on any atom is -0.327 e. The number of hydrogen-bond acceptors (Lipinski definition) is 2. The molecule has 0 radical (unpaired) electrons. The Kier molecular flexibility index (Phi) is 5.74. The maximum Gasteiger partial charge on any atom is 0.389 e. The summed E-state index contributed by atoms with van der Waals surface area (Å²) in [5, 5.41) is 0. The van der Waals surface area contributed by atoms with Crippen molar-refractivity contribution in [3.05, 3.63) is 0 Å². The standard InChI is InChI=1S/C7H14F3NS/c1-2-12-5-6(11)3-4-7(8,9)10/h6H,2-5,11H2,1H3. The largest absolute Gasteiger partial charge is 0.389 e. The molecule has 0 aliphatic carbocycles. The van der Waals surface area contributed by atoms with Gasteiger partial charge in [0.1, 0.15) is 0 Å². The molecule has 0 amide bonds. The zero-order chi connectivity index (χ0) is 9.61. The highest BCUT2D eigenvalue weighted by atomic mass is 32.2. The monoisotopic (exact) mass is 201 g/mol. The third-order valence-electron chi connectivity index (χ3n) is 1.33. The molecule has 0 fully saturated rings. The average Bonchev–Trinajstić information content (AvgIpc) is 1.95. The fourth-order valence-electron chi connectivity index (χ4n) is 0.702. The Labute approximate surface area is 74.9 Å². The van der Waals surface area contributed by atoms with E-state index < -0.39 is 12.6 Å². The van der Waals surface area contributed by atoms with E-state index in [1.165, 1.54) is 0 Å². The maximum atomic E-state index is 11.7. The molecule has 1 nitrogen and oxygen atoms in total. The number of hydrogen-bond donors (Lipinski definition) is 1. The van der Waals surface area contributed by atoms with Crippen molar-refractivity contribution in [3.8, 4) is 0 Å². The molecule has 0 aromatic heterocycles. The second kappa shape index (κ2) is 5.70. The first-order valence-corrected chi connectivity index (χ1v) is 5.01. The van der Waals surface area contributed by atoms with Gasteiger partial charge in [-0.15, -0.1) is 0 Å². The van der Waals surface area contributed by atoms with Gasteiger partial charge < -0.3 is 5.73 Å². The lowest BCUT2D eigenvalue weighted by atomic mass is 10.2. The van der Waals surface area contributed by atoms with Crippen LogP contribution in [0, 0.1) is 0 Å². The molecule has 1 unspecified atom stereocenters. The van der Waals surface area contributed by atoms with Crippen LogP contribution in [0.1, 0.15) is 19.8 Å². The summed E-state index contributed by atoms with van der Waals surface area (Å²) in [7, 11) is 0. The summed E-state index contributed by atoms with van der Waals surface area (Å²) >= 11 is 1.57. The highest BCUT2D eigenvalue weighted by Crippen LogP contribution is 2.22. The maximum absolute atomic E-state index is 11.7. The molecule has 0 saturated carbocycles. The van der Waals surface area contributed by atoms with Gasteiger partial charge in [-0.2, -0.15) is 24.9 Å². The van der Waals surface area contributed by atoms with Crippen molar-refractivity contribution in [1.29, 1.82) is 0 Å².